The lowest BCUT2D eigenvalue weighted by Gasteiger charge is -2.08. The summed E-state index contributed by atoms with van der Waals surface area (Å²) in [6, 6.07) is 4.98. The number of methoxy groups -OCH3 is 1. The quantitative estimate of drug-likeness (QED) is 0.660. The standard InChI is InChI=1S/C10H11O3/c1-3-13-10-6-8(7-11)4-5-9(10)12-2/h4-7H,1,3H2,2H3. The first kappa shape index (κ1) is 9.58. The van der Waals surface area contributed by atoms with E-state index in [1.54, 1.807) is 25.3 Å². The molecule has 0 saturated carbocycles. The van der Waals surface area contributed by atoms with Gasteiger partial charge >= 0.3 is 0 Å². The highest BCUT2D eigenvalue weighted by molar-refractivity contribution is 5.76. The molecular weight excluding hydrogens is 168 g/mol. The Balaban J connectivity index is 3.02. The second-order valence-electron chi connectivity index (χ2n) is 2.38. The topological polar surface area (TPSA) is 35.5 Å². The van der Waals surface area contributed by atoms with Gasteiger partial charge in [0.05, 0.1) is 13.7 Å². The first-order valence-electron chi connectivity index (χ1n) is 3.87. The Hall–Kier alpha value is -1.51. The molecule has 13 heavy (non-hydrogen) atoms. The third-order valence-electron chi connectivity index (χ3n) is 1.58. The molecule has 0 saturated heterocycles. The Bertz CT molecular complexity index is 294. The Kier molecular flexibility index (Phi) is 3.31. The maximum absolute atomic E-state index is 10.5. The van der Waals surface area contributed by atoms with E-state index in [9.17, 15) is 4.79 Å². The third kappa shape index (κ3) is 2.21. The maximum Gasteiger partial charge on any atom is 0.161 e. The molecule has 1 aromatic rings. The SMILES string of the molecule is [CH2]COc1cc(C=O)ccc1OC. The van der Waals surface area contributed by atoms with Crippen molar-refractivity contribution >= 4 is 6.29 Å². The normalized spacial score (nSPS) is 9.38. The maximum atomic E-state index is 10.5. The van der Waals surface area contributed by atoms with Gasteiger partial charge in [-0.1, -0.05) is 0 Å². The molecule has 0 aliphatic carbocycles. The number of benzene rings is 1. The monoisotopic (exact) mass is 179 g/mol. The van der Waals surface area contributed by atoms with E-state index >= 15 is 0 Å². The van der Waals surface area contributed by atoms with E-state index in [4.69, 9.17) is 9.47 Å². The Labute approximate surface area is 77.3 Å². The third-order valence-corrected chi connectivity index (χ3v) is 1.58. The predicted octanol–water partition coefficient (Wildman–Crippen LogP) is 1.72. The number of aldehydes is 1. The first-order chi connectivity index (χ1) is 6.31. The molecule has 0 aliphatic rings. The molecule has 0 bridgehead atoms. The van der Waals surface area contributed by atoms with Gasteiger partial charge in [-0.2, -0.15) is 0 Å². The van der Waals surface area contributed by atoms with Gasteiger partial charge in [0, 0.05) is 5.56 Å². The van der Waals surface area contributed by atoms with Crippen LogP contribution in [0.2, 0.25) is 0 Å². The number of hydrogen-bond donors (Lipinski definition) is 0. The molecule has 3 nitrogen and oxygen atoms in total. The van der Waals surface area contributed by atoms with Crippen LogP contribution in [0.1, 0.15) is 10.4 Å². The van der Waals surface area contributed by atoms with Gasteiger partial charge in [0.1, 0.15) is 6.29 Å². The van der Waals surface area contributed by atoms with Gasteiger partial charge in [-0.15, -0.1) is 0 Å². The zero-order valence-electron chi connectivity index (χ0n) is 7.45. The molecule has 1 radical (unpaired) electrons. The van der Waals surface area contributed by atoms with Crippen molar-refractivity contribution in [2.24, 2.45) is 0 Å². The van der Waals surface area contributed by atoms with Crippen molar-refractivity contribution in [3.63, 3.8) is 0 Å². The molecule has 3 heteroatoms. The van der Waals surface area contributed by atoms with Gasteiger partial charge in [-0.3, -0.25) is 4.79 Å². The lowest BCUT2D eigenvalue weighted by Crippen LogP contribution is -1.96. The van der Waals surface area contributed by atoms with E-state index in [1.807, 2.05) is 0 Å². The Morgan fingerprint density at radius 1 is 1.46 bits per heavy atom. The molecule has 0 unspecified atom stereocenters. The minimum absolute atomic E-state index is 0.304. The van der Waals surface area contributed by atoms with Crippen molar-refractivity contribution in [2.45, 2.75) is 0 Å². The summed E-state index contributed by atoms with van der Waals surface area (Å²) in [5.41, 5.74) is 0.559. The molecule has 0 atom stereocenters. The van der Waals surface area contributed by atoms with E-state index in [-0.39, 0.29) is 0 Å². The summed E-state index contributed by atoms with van der Waals surface area (Å²) in [6.07, 6.45) is 0.759. The molecule has 0 spiro atoms. The second kappa shape index (κ2) is 4.50. The van der Waals surface area contributed by atoms with Gasteiger partial charge in [-0.05, 0) is 25.1 Å². The fourth-order valence-electron chi connectivity index (χ4n) is 0.989. The average Bonchev–Trinajstić information content (AvgIpc) is 2.18. The van der Waals surface area contributed by atoms with Crippen molar-refractivity contribution in [1.82, 2.24) is 0 Å². The van der Waals surface area contributed by atoms with Crippen molar-refractivity contribution < 1.29 is 14.3 Å². The largest absolute Gasteiger partial charge is 0.493 e. The summed E-state index contributed by atoms with van der Waals surface area (Å²) >= 11 is 0. The van der Waals surface area contributed by atoms with Crippen LogP contribution in [-0.4, -0.2) is 20.0 Å². The highest BCUT2D eigenvalue weighted by Gasteiger charge is 2.03. The van der Waals surface area contributed by atoms with Crippen LogP contribution in [-0.2, 0) is 0 Å². The van der Waals surface area contributed by atoms with Crippen molar-refractivity contribution in [3.8, 4) is 11.5 Å². The smallest absolute Gasteiger partial charge is 0.161 e. The van der Waals surface area contributed by atoms with Crippen LogP contribution in [0.5, 0.6) is 11.5 Å². The van der Waals surface area contributed by atoms with Gasteiger partial charge in [0.2, 0.25) is 0 Å². The molecule has 1 aromatic carbocycles. The molecule has 0 fully saturated rings. The first-order valence-corrected chi connectivity index (χ1v) is 3.87. The summed E-state index contributed by atoms with van der Waals surface area (Å²) < 4.78 is 10.2. The molecule has 0 aliphatic heterocycles. The van der Waals surface area contributed by atoms with Crippen LogP contribution in [0.25, 0.3) is 0 Å². The van der Waals surface area contributed by atoms with Crippen molar-refractivity contribution in [2.75, 3.05) is 13.7 Å². The van der Waals surface area contributed by atoms with Crippen LogP contribution < -0.4 is 9.47 Å². The Morgan fingerprint density at radius 3 is 2.77 bits per heavy atom. The van der Waals surface area contributed by atoms with Gasteiger partial charge in [0.25, 0.3) is 0 Å². The number of ether oxygens (including phenoxy) is 2. The van der Waals surface area contributed by atoms with Gasteiger partial charge in [-0.25, -0.2) is 0 Å². The van der Waals surface area contributed by atoms with Gasteiger partial charge < -0.3 is 9.47 Å². The zero-order valence-corrected chi connectivity index (χ0v) is 7.45. The van der Waals surface area contributed by atoms with E-state index in [0.29, 0.717) is 23.7 Å². The fraction of sp³-hybridized carbons (Fsp3) is 0.200. The van der Waals surface area contributed by atoms with E-state index < -0.39 is 0 Å². The predicted molar refractivity (Wildman–Crippen MR) is 49.2 cm³/mol. The minimum Gasteiger partial charge on any atom is -0.493 e. The van der Waals surface area contributed by atoms with Crippen LogP contribution in [0, 0.1) is 6.92 Å². The van der Waals surface area contributed by atoms with Crippen LogP contribution >= 0.6 is 0 Å². The fourth-order valence-corrected chi connectivity index (χ4v) is 0.989. The summed E-state index contributed by atoms with van der Waals surface area (Å²) in [5.74, 6) is 1.15. The number of rotatable bonds is 4. The van der Waals surface area contributed by atoms with Crippen LogP contribution in [0.4, 0.5) is 0 Å². The minimum atomic E-state index is 0.304. The second-order valence-corrected chi connectivity index (χ2v) is 2.38. The summed E-state index contributed by atoms with van der Waals surface area (Å²) in [4.78, 5) is 10.5. The Morgan fingerprint density at radius 2 is 2.23 bits per heavy atom. The molecule has 69 valence electrons. The average molecular weight is 179 g/mol. The number of carbonyl (C=O) groups excluding carboxylic acids is 1. The van der Waals surface area contributed by atoms with Crippen LogP contribution in [0.15, 0.2) is 18.2 Å². The zero-order chi connectivity index (χ0) is 9.68. The van der Waals surface area contributed by atoms with E-state index in [0.717, 1.165) is 6.29 Å². The van der Waals surface area contributed by atoms with Crippen LogP contribution in [0.3, 0.4) is 0 Å². The molecular formula is C10H11O3. The number of carbonyl (C=O) groups is 1. The molecule has 0 N–H and O–H groups in total. The van der Waals surface area contributed by atoms with Crippen molar-refractivity contribution in [1.29, 1.82) is 0 Å². The van der Waals surface area contributed by atoms with E-state index in [1.165, 1.54) is 0 Å². The van der Waals surface area contributed by atoms with E-state index in [2.05, 4.69) is 6.92 Å². The molecule has 0 amide bonds. The molecule has 0 aromatic heterocycles. The molecule has 0 heterocycles. The van der Waals surface area contributed by atoms with Crippen molar-refractivity contribution in [3.05, 3.63) is 30.7 Å². The highest BCUT2D eigenvalue weighted by atomic mass is 16.5. The molecule has 1 rings (SSSR count). The lowest BCUT2D eigenvalue weighted by atomic mass is 10.2. The summed E-state index contributed by atoms with van der Waals surface area (Å²) in [6.45, 7) is 3.85. The highest BCUT2D eigenvalue weighted by Crippen LogP contribution is 2.27. The number of hydrogen-bond acceptors (Lipinski definition) is 3. The summed E-state index contributed by atoms with van der Waals surface area (Å²) in [5, 5.41) is 0. The van der Waals surface area contributed by atoms with Gasteiger partial charge in [0.15, 0.2) is 11.5 Å². The lowest BCUT2D eigenvalue weighted by molar-refractivity contribution is 0.112. The summed E-state index contributed by atoms with van der Waals surface area (Å²) in [7, 11) is 1.55.